The normalized spacial score (nSPS) is 39.4. The fourth-order valence-electron chi connectivity index (χ4n) is 7.99. The van der Waals surface area contributed by atoms with E-state index in [-0.39, 0.29) is 5.54 Å². The zero-order chi connectivity index (χ0) is 18.3. The second kappa shape index (κ2) is 5.93. The lowest BCUT2D eigenvalue weighted by molar-refractivity contribution is -0.0807. The minimum atomic E-state index is 0.0210. The highest BCUT2D eigenvalue weighted by molar-refractivity contribution is 7.80. The summed E-state index contributed by atoms with van der Waals surface area (Å²) in [5.41, 5.74) is 2.53. The molecule has 1 aromatic rings. The molecule has 0 N–H and O–H groups in total. The van der Waals surface area contributed by atoms with Crippen LogP contribution in [0.1, 0.15) is 56.1 Å². The van der Waals surface area contributed by atoms with Gasteiger partial charge in [-0.15, -0.1) is 0 Å². The van der Waals surface area contributed by atoms with Crippen LogP contribution >= 0.6 is 23.8 Å². The maximum Gasteiger partial charge on any atom is 0.110 e. The summed E-state index contributed by atoms with van der Waals surface area (Å²) in [6.45, 7) is 2.40. The van der Waals surface area contributed by atoms with Crippen molar-refractivity contribution in [1.82, 2.24) is 9.80 Å². The van der Waals surface area contributed by atoms with Crippen LogP contribution in [0.4, 0.5) is 0 Å². The molecule has 27 heavy (non-hydrogen) atoms. The Bertz CT molecular complexity index is 770. The first-order valence-electron chi connectivity index (χ1n) is 10.9. The highest BCUT2D eigenvalue weighted by atomic mass is 35.5. The molecular weight excluding hydrogens is 372 g/mol. The summed E-state index contributed by atoms with van der Waals surface area (Å²) >= 11 is 12.5. The van der Waals surface area contributed by atoms with E-state index in [2.05, 4.69) is 22.9 Å². The van der Waals surface area contributed by atoms with Crippen molar-refractivity contribution in [2.45, 2.75) is 56.5 Å². The number of benzene rings is 1. The van der Waals surface area contributed by atoms with E-state index in [0.717, 1.165) is 52.6 Å². The Morgan fingerprint density at radius 2 is 1.63 bits per heavy atom. The predicted octanol–water partition coefficient (Wildman–Crippen LogP) is 5.08. The quantitative estimate of drug-likeness (QED) is 0.607. The van der Waals surface area contributed by atoms with Gasteiger partial charge in [-0.2, -0.15) is 0 Å². The predicted molar refractivity (Wildman–Crippen MR) is 114 cm³/mol. The van der Waals surface area contributed by atoms with Gasteiger partial charge in [0.15, 0.2) is 0 Å². The van der Waals surface area contributed by atoms with E-state index in [0.29, 0.717) is 0 Å². The molecule has 4 saturated carbocycles. The van der Waals surface area contributed by atoms with Crippen molar-refractivity contribution in [3.8, 4) is 0 Å². The van der Waals surface area contributed by atoms with Gasteiger partial charge in [-0.1, -0.05) is 36.0 Å². The van der Waals surface area contributed by atoms with E-state index in [1.165, 1.54) is 49.9 Å². The Morgan fingerprint density at radius 3 is 2.26 bits per heavy atom. The zero-order valence-corrected chi connectivity index (χ0v) is 17.7. The number of hydrogen-bond donors (Lipinski definition) is 0. The smallest absolute Gasteiger partial charge is 0.110 e. The number of fused-ring (bicyclic) bond motifs is 2. The summed E-state index contributed by atoms with van der Waals surface area (Å²) in [5.74, 6) is 4.08. The van der Waals surface area contributed by atoms with Crippen LogP contribution in [0.3, 0.4) is 0 Å². The highest BCUT2D eigenvalue weighted by Crippen LogP contribution is 2.56. The summed E-state index contributed by atoms with van der Waals surface area (Å²) < 4.78 is 0. The van der Waals surface area contributed by atoms with Crippen molar-refractivity contribution < 1.29 is 0 Å². The van der Waals surface area contributed by atoms with Crippen LogP contribution in [-0.2, 0) is 5.54 Å². The minimum absolute atomic E-state index is 0.0210. The van der Waals surface area contributed by atoms with Crippen LogP contribution in [-0.4, -0.2) is 41.0 Å². The number of nitrogens with zero attached hydrogens (tertiary/aromatic N) is 2. The van der Waals surface area contributed by atoms with Crippen LogP contribution in [0.5, 0.6) is 0 Å². The number of halogens is 1. The second-order valence-electron chi connectivity index (χ2n) is 10.0. The molecule has 0 radical (unpaired) electrons. The summed E-state index contributed by atoms with van der Waals surface area (Å²) in [4.78, 5) is 6.23. The Hall–Kier alpha value is -0.640. The maximum absolute atomic E-state index is 6.71. The fourth-order valence-corrected chi connectivity index (χ4v) is 8.68. The molecule has 0 amide bonds. The summed E-state index contributed by atoms with van der Waals surface area (Å²) in [5, 5.41) is 0.905. The van der Waals surface area contributed by atoms with Crippen LogP contribution in [0.15, 0.2) is 18.2 Å². The van der Waals surface area contributed by atoms with E-state index in [1.54, 1.807) is 6.42 Å². The van der Waals surface area contributed by atoms with Crippen molar-refractivity contribution in [2.75, 3.05) is 20.1 Å². The van der Waals surface area contributed by atoms with E-state index >= 15 is 0 Å². The molecule has 144 valence electrons. The molecule has 1 spiro atoms. The molecule has 1 saturated heterocycles. The summed E-state index contributed by atoms with van der Waals surface area (Å²) in [6.07, 6.45) is 9.90. The summed E-state index contributed by atoms with van der Waals surface area (Å²) in [6, 6.07) is 7.12. The van der Waals surface area contributed by atoms with Crippen LogP contribution in [0, 0.1) is 23.7 Å². The molecule has 2 aliphatic heterocycles. The third kappa shape index (κ3) is 2.31. The molecule has 0 unspecified atom stereocenters. The monoisotopic (exact) mass is 400 g/mol. The van der Waals surface area contributed by atoms with Gasteiger partial charge in [0.1, 0.15) is 4.99 Å². The van der Waals surface area contributed by atoms with Gasteiger partial charge in [-0.05, 0) is 74.7 Å². The minimum Gasteiger partial charge on any atom is -0.355 e. The van der Waals surface area contributed by atoms with Crippen molar-refractivity contribution in [1.29, 1.82) is 0 Å². The number of likely N-dealkylation sites (tertiary alicyclic amines) is 1. The number of piperidine rings is 1. The van der Waals surface area contributed by atoms with Crippen molar-refractivity contribution in [3.63, 3.8) is 0 Å². The Balaban J connectivity index is 1.27. The molecule has 2 heterocycles. The number of hydrogen-bond acceptors (Lipinski definition) is 2. The van der Waals surface area contributed by atoms with Gasteiger partial charge in [0, 0.05) is 42.3 Å². The second-order valence-corrected chi connectivity index (χ2v) is 10.8. The van der Waals surface area contributed by atoms with E-state index in [1.807, 2.05) is 12.1 Å². The third-order valence-corrected chi connectivity index (χ3v) is 9.69. The van der Waals surface area contributed by atoms with Gasteiger partial charge >= 0.3 is 0 Å². The van der Waals surface area contributed by atoms with Crippen molar-refractivity contribution >= 4 is 28.8 Å². The lowest BCUT2D eigenvalue weighted by atomic mass is 9.53. The van der Waals surface area contributed by atoms with Gasteiger partial charge in [0.25, 0.3) is 0 Å². The van der Waals surface area contributed by atoms with Crippen LogP contribution < -0.4 is 0 Å². The van der Waals surface area contributed by atoms with Crippen molar-refractivity contribution in [2.24, 2.45) is 23.7 Å². The molecule has 1 aromatic carbocycles. The molecule has 6 aliphatic rings. The third-order valence-electron chi connectivity index (χ3n) is 8.88. The Morgan fingerprint density at radius 1 is 1.00 bits per heavy atom. The van der Waals surface area contributed by atoms with Gasteiger partial charge in [-0.25, -0.2) is 0 Å². The molecule has 7 rings (SSSR count). The summed E-state index contributed by atoms with van der Waals surface area (Å²) in [7, 11) is 2.19. The van der Waals surface area contributed by atoms with Crippen molar-refractivity contribution in [3.05, 3.63) is 34.3 Å². The molecule has 0 atom stereocenters. The van der Waals surface area contributed by atoms with E-state index in [9.17, 15) is 0 Å². The molecule has 0 aromatic heterocycles. The van der Waals surface area contributed by atoms with Crippen LogP contribution in [0.2, 0.25) is 5.02 Å². The molecule has 4 heteroatoms. The fraction of sp³-hybridized carbons (Fsp3) is 0.696. The first kappa shape index (κ1) is 17.2. The average molecular weight is 401 g/mol. The molecule has 5 fully saturated rings. The highest BCUT2D eigenvalue weighted by Gasteiger charge is 2.53. The van der Waals surface area contributed by atoms with Gasteiger partial charge in [0.05, 0.1) is 5.54 Å². The van der Waals surface area contributed by atoms with E-state index in [4.69, 9.17) is 23.8 Å². The van der Waals surface area contributed by atoms with Gasteiger partial charge in [-0.3, -0.25) is 4.90 Å². The lowest BCUT2D eigenvalue weighted by Gasteiger charge is -2.59. The standard InChI is InChI=1S/C23H29ClN2S/c1-25-22(27)18-3-2-4-19(24)20(18)23(25)5-7-26(8-6-23)21-16-10-14-9-15(12-16)13-17(21)11-14/h2-4,14-17,21H,5-13H2,1H3. The SMILES string of the molecule is CN1C(=S)c2cccc(Cl)c2C12CCN(C1C3CC4CC(C3)CC1C4)CC2. The molecule has 2 nitrogen and oxygen atoms in total. The molecular formula is C23H29ClN2S. The molecule has 4 aliphatic carbocycles. The zero-order valence-electron chi connectivity index (χ0n) is 16.2. The Kier molecular flexibility index (Phi) is 3.79. The largest absolute Gasteiger partial charge is 0.355 e. The van der Waals surface area contributed by atoms with Crippen LogP contribution in [0.25, 0.3) is 0 Å². The number of rotatable bonds is 1. The Labute approximate surface area is 173 Å². The average Bonchev–Trinajstić information content (AvgIpc) is 2.86. The van der Waals surface area contributed by atoms with Gasteiger partial charge in [0.2, 0.25) is 0 Å². The topological polar surface area (TPSA) is 6.48 Å². The molecule has 4 bridgehead atoms. The maximum atomic E-state index is 6.71. The first-order chi connectivity index (χ1) is 13.1. The van der Waals surface area contributed by atoms with Gasteiger partial charge < -0.3 is 4.90 Å². The van der Waals surface area contributed by atoms with E-state index < -0.39 is 0 Å². The number of thiocarbonyl (C=S) groups is 1. The first-order valence-corrected chi connectivity index (χ1v) is 11.7. The lowest BCUT2D eigenvalue weighted by Crippen LogP contribution is -2.60.